The predicted octanol–water partition coefficient (Wildman–Crippen LogP) is 1.69. The van der Waals surface area contributed by atoms with Gasteiger partial charge in [0.05, 0.1) is 16.7 Å². The molecule has 0 spiro atoms. The summed E-state index contributed by atoms with van der Waals surface area (Å²) in [4.78, 5) is 17.1. The fourth-order valence-corrected chi connectivity index (χ4v) is 4.43. The van der Waals surface area contributed by atoms with Gasteiger partial charge < -0.3 is 10.6 Å². The van der Waals surface area contributed by atoms with Crippen molar-refractivity contribution >= 4 is 15.7 Å². The van der Waals surface area contributed by atoms with Gasteiger partial charge in [0.25, 0.3) is 0 Å². The van der Waals surface area contributed by atoms with Gasteiger partial charge in [-0.2, -0.15) is 0 Å². The molecule has 1 aliphatic heterocycles. The molecule has 1 atom stereocenters. The van der Waals surface area contributed by atoms with E-state index in [0.717, 1.165) is 30.8 Å². The monoisotopic (exact) mass is 415 g/mol. The summed E-state index contributed by atoms with van der Waals surface area (Å²) in [7, 11) is -3.17. The molecule has 0 aromatic heterocycles. The summed E-state index contributed by atoms with van der Waals surface area (Å²) in [5.41, 5.74) is 8.29. The number of hydrogen-bond acceptors (Lipinski definition) is 5. The first-order valence-corrected chi connectivity index (χ1v) is 11.7. The van der Waals surface area contributed by atoms with Gasteiger partial charge in [-0.05, 0) is 29.7 Å². The number of carbonyl (C=O) groups excluding carboxylic acids is 1. The van der Waals surface area contributed by atoms with Gasteiger partial charge in [-0.1, -0.05) is 49.4 Å². The molecule has 1 aliphatic rings. The molecule has 1 heterocycles. The summed E-state index contributed by atoms with van der Waals surface area (Å²) in [6, 6.07) is 16.4. The number of sulfone groups is 1. The van der Waals surface area contributed by atoms with Crippen molar-refractivity contribution in [3.05, 3.63) is 65.7 Å². The highest BCUT2D eigenvalue weighted by molar-refractivity contribution is 7.91. The van der Waals surface area contributed by atoms with Crippen molar-refractivity contribution in [2.24, 2.45) is 5.73 Å². The van der Waals surface area contributed by atoms with Gasteiger partial charge >= 0.3 is 0 Å². The Hall–Kier alpha value is -2.22. The van der Waals surface area contributed by atoms with Crippen LogP contribution >= 0.6 is 0 Å². The van der Waals surface area contributed by atoms with E-state index in [-0.39, 0.29) is 11.7 Å². The Morgan fingerprint density at radius 1 is 0.966 bits per heavy atom. The number of rotatable bonds is 7. The maximum absolute atomic E-state index is 12.7. The van der Waals surface area contributed by atoms with Crippen LogP contribution in [0.3, 0.4) is 0 Å². The summed E-state index contributed by atoms with van der Waals surface area (Å²) in [6.45, 7) is 5.26. The van der Waals surface area contributed by atoms with Gasteiger partial charge in [-0.25, -0.2) is 8.42 Å². The van der Waals surface area contributed by atoms with Crippen LogP contribution in [0.15, 0.2) is 59.5 Å². The molecule has 0 saturated carbocycles. The summed E-state index contributed by atoms with van der Waals surface area (Å²) in [5.74, 6) is 0.108. The van der Waals surface area contributed by atoms with Gasteiger partial charge in [-0.3, -0.25) is 9.69 Å². The van der Waals surface area contributed by atoms with E-state index in [1.54, 1.807) is 19.1 Å². The van der Waals surface area contributed by atoms with Crippen LogP contribution in [0, 0.1) is 0 Å². The first kappa shape index (κ1) is 21.5. The Morgan fingerprint density at radius 3 is 2.17 bits per heavy atom. The first-order valence-electron chi connectivity index (χ1n) is 10.0. The van der Waals surface area contributed by atoms with Crippen LogP contribution in [0.5, 0.6) is 0 Å². The molecular formula is C22H29N3O3S. The molecule has 2 aromatic rings. The number of piperazine rings is 1. The molecule has 156 valence electrons. The second kappa shape index (κ2) is 9.52. The average molecular weight is 416 g/mol. The standard InChI is InChI=1S/C22H29N3O3S/c1-2-29(27,28)20-10-8-19(9-11-20)17-24-12-14-25(15-13-24)22(26)21(23)16-18-6-4-3-5-7-18/h3-11,21H,2,12-17,23H2,1H3. The second-order valence-electron chi connectivity index (χ2n) is 7.45. The van der Waals surface area contributed by atoms with Gasteiger partial charge in [-0.15, -0.1) is 0 Å². The summed E-state index contributed by atoms with van der Waals surface area (Å²) in [6.07, 6.45) is 0.549. The van der Waals surface area contributed by atoms with Crippen LogP contribution in [0.25, 0.3) is 0 Å². The van der Waals surface area contributed by atoms with Crippen LogP contribution in [0.1, 0.15) is 18.1 Å². The van der Waals surface area contributed by atoms with Crippen LogP contribution < -0.4 is 5.73 Å². The molecule has 0 bridgehead atoms. The molecule has 1 unspecified atom stereocenters. The van der Waals surface area contributed by atoms with Crippen LogP contribution in [0.4, 0.5) is 0 Å². The molecule has 0 aliphatic carbocycles. The molecule has 0 radical (unpaired) electrons. The van der Waals surface area contributed by atoms with E-state index < -0.39 is 15.9 Å². The Kier molecular flexibility index (Phi) is 7.05. The highest BCUT2D eigenvalue weighted by Crippen LogP contribution is 2.15. The molecule has 6 nitrogen and oxygen atoms in total. The molecule has 1 fully saturated rings. The maximum Gasteiger partial charge on any atom is 0.239 e. The predicted molar refractivity (Wildman–Crippen MR) is 114 cm³/mol. The van der Waals surface area contributed by atoms with Gasteiger partial charge in [0.1, 0.15) is 0 Å². The zero-order chi connectivity index (χ0) is 20.9. The summed E-state index contributed by atoms with van der Waals surface area (Å²) >= 11 is 0. The van der Waals surface area contributed by atoms with Crippen molar-refractivity contribution in [2.45, 2.75) is 30.8 Å². The molecule has 2 aromatic carbocycles. The minimum absolute atomic E-state index is 0.00243. The summed E-state index contributed by atoms with van der Waals surface area (Å²) < 4.78 is 23.8. The molecule has 1 saturated heterocycles. The van der Waals surface area contributed by atoms with E-state index >= 15 is 0 Å². The minimum Gasteiger partial charge on any atom is -0.339 e. The highest BCUT2D eigenvalue weighted by Gasteiger charge is 2.25. The van der Waals surface area contributed by atoms with Crippen molar-refractivity contribution in [1.29, 1.82) is 0 Å². The normalized spacial score (nSPS) is 16.6. The van der Waals surface area contributed by atoms with E-state index in [9.17, 15) is 13.2 Å². The van der Waals surface area contributed by atoms with Crippen LogP contribution in [-0.4, -0.2) is 62.1 Å². The number of carbonyl (C=O) groups is 1. The lowest BCUT2D eigenvalue weighted by Gasteiger charge is -2.36. The molecule has 3 rings (SSSR count). The zero-order valence-electron chi connectivity index (χ0n) is 16.8. The lowest BCUT2D eigenvalue weighted by atomic mass is 10.1. The largest absolute Gasteiger partial charge is 0.339 e. The van der Waals surface area contributed by atoms with Crippen LogP contribution in [-0.2, 0) is 27.6 Å². The summed E-state index contributed by atoms with van der Waals surface area (Å²) in [5, 5.41) is 0. The average Bonchev–Trinajstić information content (AvgIpc) is 2.75. The lowest BCUT2D eigenvalue weighted by molar-refractivity contribution is -0.134. The fourth-order valence-electron chi connectivity index (χ4n) is 3.54. The second-order valence-corrected chi connectivity index (χ2v) is 9.72. The Morgan fingerprint density at radius 2 is 1.59 bits per heavy atom. The van der Waals surface area contributed by atoms with Crippen molar-refractivity contribution < 1.29 is 13.2 Å². The number of benzene rings is 2. The topological polar surface area (TPSA) is 83.7 Å². The van der Waals surface area contributed by atoms with Crippen molar-refractivity contribution in [3.63, 3.8) is 0 Å². The molecular weight excluding hydrogens is 386 g/mol. The van der Waals surface area contributed by atoms with E-state index in [4.69, 9.17) is 5.73 Å². The smallest absolute Gasteiger partial charge is 0.239 e. The van der Waals surface area contributed by atoms with Crippen molar-refractivity contribution in [2.75, 3.05) is 31.9 Å². The van der Waals surface area contributed by atoms with E-state index in [2.05, 4.69) is 4.90 Å². The maximum atomic E-state index is 12.7. The zero-order valence-corrected chi connectivity index (χ0v) is 17.6. The molecule has 7 heteroatoms. The number of nitrogens with two attached hydrogens (primary N) is 1. The number of amides is 1. The first-order chi connectivity index (χ1) is 13.9. The Balaban J connectivity index is 1.49. The van der Waals surface area contributed by atoms with E-state index in [0.29, 0.717) is 24.4 Å². The minimum atomic E-state index is -3.17. The lowest BCUT2D eigenvalue weighted by Crippen LogP contribution is -2.53. The van der Waals surface area contributed by atoms with Crippen molar-refractivity contribution in [1.82, 2.24) is 9.80 Å². The van der Waals surface area contributed by atoms with Gasteiger partial charge in [0, 0.05) is 32.7 Å². The van der Waals surface area contributed by atoms with Crippen LogP contribution in [0.2, 0.25) is 0 Å². The fraction of sp³-hybridized carbons (Fsp3) is 0.409. The number of nitrogens with zero attached hydrogens (tertiary/aromatic N) is 2. The molecule has 29 heavy (non-hydrogen) atoms. The van der Waals surface area contributed by atoms with E-state index in [1.807, 2.05) is 47.4 Å². The third kappa shape index (κ3) is 5.65. The van der Waals surface area contributed by atoms with E-state index in [1.165, 1.54) is 0 Å². The quantitative estimate of drug-likeness (QED) is 0.744. The Labute approximate surface area is 173 Å². The molecule has 2 N–H and O–H groups in total. The third-order valence-electron chi connectivity index (χ3n) is 5.37. The molecule has 1 amide bonds. The highest BCUT2D eigenvalue weighted by atomic mass is 32.2. The number of hydrogen-bond donors (Lipinski definition) is 1. The van der Waals surface area contributed by atoms with Gasteiger partial charge in [0.15, 0.2) is 9.84 Å². The van der Waals surface area contributed by atoms with Crippen molar-refractivity contribution in [3.8, 4) is 0 Å². The SMILES string of the molecule is CCS(=O)(=O)c1ccc(CN2CCN(C(=O)C(N)Cc3ccccc3)CC2)cc1. The Bertz CT molecular complexity index is 906. The third-order valence-corrected chi connectivity index (χ3v) is 7.12. The van der Waals surface area contributed by atoms with Gasteiger partial charge in [0.2, 0.25) is 5.91 Å².